The van der Waals surface area contributed by atoms with Crippen molar-refractivity contribution in [1.29, 1.82) is 0 Å². The molecule has 0 aliphatic carbocycles. The Kier molecular flexibility index (Phi) is 6.97. The summed E-state index contributed by atoms with van der Waals surface area (Å²) in [6.07, 6.45) is 3.52. The summed E-state index contributed by atoms with van der Waals surface area (Å²) in [5, 5.41) is 11.5. The van der Waals surface area contributed by atoms with Crippen molar-refractivity contribution < 1.29 is 9.47 Å². The fourth-order valence-corrected chi connectivity index (χ4v) is 2.88. The quantitative estimate of drug-likeness (QED) is 0.419. The summed E-state index contributed by atoms with van der Waals surface area (Å²) < 4.78 is 13.8. The predicted octanol–water partition coefficient (Wildman–Crippen LogP) is 4.75. The number of hydrogen-bond donors (Lipinski definition) is 1. The molecule has 0 saturated carbocycles. The van der Waals surface area contributed by atoms with Gasteiger partial charge in [0, 0.05) is 6.42 Å². The maximum atomic E-state index is 5.94. The highest BCUT2D eigenvalue weighted by atomic mass is 32.1. The molecule has 7 heteroatoms. The Morgan fingerprint density at radius 1 is 1.11 bits per heavy atom. The SMILES string of the molecule is CCCc1n[nH]c(=S)n1/N=C/c1ccc(OCc2ccccc2)c(OCC)c1. The molecule has 3 aromatic rings. The zero-order chi connectivity index (χ0) is 19.8. The lowest BCUT2D eigenvalue weighted by molar-refractivity contribution is 0.269. The molecule has 146 valence electrons. The van der Waals surface area contributed by atoms with Crippen LogP contribution < -0.4 is 9.47 Å². The van der Waals surface area contributed by atoms with Crippen LogP contribution in [0.15, 0.2) is 53.6 Å². The number of nitrogens with zero attached hydrogens (tertiary/aromatic N) is 3. The van der Waals surface area contributed by atoms with Gasteiger partial charge in [0.2, 0.25) is 4.77 Å². The van der Waals surface area contributed by atoms with E-state index in [4.69, 9.17) is 21.7 Å². The van der Waals surface area contributed by atoms with Crippen molar-refractivity contribution in [3.8, 4) is 11.5 Å². The van der Waals surface area contributed by atoms with Crippen LogP contribution in [0, 0.1) is 4.77 Å². The second kappa shape index (κ2) is 9.85. The van der Waals surface area contributed by atoms with Crippen LogP contribution in [0.25, 0.3) is 0 Å². The maximum Gasteiger partial charge on any atom is 0.216 e. The van der Waals surface area contributed by atoms with Gasteiger partial charge in [0.05, 0.1) is 12.8 Å². The van der Waals surface area contributed by atoms with Crippen molar-refractivity contribution >= 4 is 18.4 Å². The highest BCUT2D eigenvalue weighted by Gasteiger charge is 2.07. The van der Waals surface area contributed by atoms with Gasteiger partial charge in [-0.3, -0.25) is 5.10 Å². The summed E-state index contributed by atoms with van der Waals surface area (Å²) in [5.41, 5.74) is 1.99. The van der Waals surface area contributed by atoms with E-state index in [0.29, 0.717) is 29.5 Å². The zero-order valence-electron chi connectivity index (χ0n) is 16.1. The molecule has 0 saturated heterocycles. The Morgan fingerprint density at radius 2 is 1.93 bits per heavy atom. The number of hydrogen-bond acceptors (Lipinski definition) is 5. The average Bonchev–Trinajstić information content (AvgIpc) is 3.06. The lowest BCUT2D eigenvalue weighted by Crippen LogP contribution is -2.01. The molecule has 28 heavy (non-hydrogen) atoms. The summed E-state index contributed by atoms with van der Waals surface area (Å²) in [4.78, 5) is 0. The molecule has 3 rings (SSSR count). The smallest absolute Gasteiger partial charge is 0.216 e. The molecular weight excluding hydrogens is 372 g/mol. The Balaban J connectivity index is 1.78. The van der Waals surface area contributed by atoms with Crippen LogP contribution in [-0.4, -0.2) is 27.7 Å². The van der Waals surface area contributed by atoms with Crippen LogP contribution in [0.1, 0.15) is 37.2 Å². The van der Waals surface area contributed by atoms with E-state index in [2.05, 4.69) is 22.2 Å². The third-order valence-corrected chi connectivity index (χ3v) is 4.28. The van der Waals surface area contributed by atoms with Crippen molar-refractivity contribution in [2.75, 3.05) is 6.61 Å². The first-order valence-electron chi connectivity index (χ1n) is 9.35. The number of nitrogens with one attached hydrogen (secondary N) is 1. The van der Waals surface area contributed by atoms with E-state index in [1.54, 1.807) is 10.9 Å². The monoisotopic (exact) mass is 396 g/mol. The Hall–Kier alpha value is -2.93. The van der Waals surface area contributed by atoms with E-state index in [0.717, 1.165) is 29.8 Å². The fourth-order valence-electron chi connectivity index (χ4n) is 2.68. The molecule has 0 amide bonds. The topological polar surface area (TPSA) is 64.4 Å². The third kappa shape index (κ3) is 5.07. The standard InChI is InChI=1S/C21H24N4O2S/c1-3-8-20-23-24-21(28)25(20)22-14-17-11-12-18(19(13-17)26-4-2)27-15-16-9-6-5-7-10-16/h5-7,9-14H,3-4,8,15H2,1-2H3,(H,24,28)/b22-14+. The molecule has 2 aromatic carbocycles. The van der Waals surface area contributed by atoms with E-state index in [-0.39, 0.29) is 0 Å². The first-order chi connectivity index (χ1) is 13.7. The summed E-state index contributed by atoms with van der Waals surface area (Å²) in [7, 11) is 0. The molecule has 0 fully saturated rings. The zero-order valence-corrected chi connectivity index (χ0v) is 16.9. The first-order valence-corrected chi connectivity index (χ1v) is 9.76. The molecule has 0 unspecified atom stereocenters. The van der Waals surface area contributed by atoms with Crippen molar-refractivity contribution in [3.05, 3.63) is 70.3 Å². The van der Waals surface area contributed by atoms with Crippen molar-refractivity contribution in [1.82, 2.24) is 14.9 Å². The highest BCUT2D eigenvalue weighted by Crippen LogP contribution is 2.29. The minimum Gasteiger partial charge on any atom is -0.490 e. The molecule has 1 N–H and O–H groups in total. The molecule has 1 aromatic heterocycles. The maximum absolute atomic E-state index is 5.94. The van der Waals surface area contributed by atoms with Gasteiger partial charge in [-0.2, -0.15) is 14.9 Å². The van der Waals surface area contributed by atoms with Gasteiger partial charge in [-0.1, -0.05) is 37.3 Å². The Bertz CT molecular complexity index is 980. The molecule has 0 radical (unpaired) electrons. The highest BCUT2D eigenvalue weighted by molar-refractivity contribution is 7.71. The molecule has 0 bridgehead atoms. The van der Waals surface area contributed by atoms with Gasteiger partial charge < -0.3 is 9.47 Å². The van der Waals surface area contributed by atoms with Gasteiger partial charge in [-0.05, 0) is 54.9 Å². The van der Waals surface area contributed by atoms with E-state index in [9.17, 15) is 0 Å². The number of aryl methyl sites for hydroxylation is 1. The van der Waals surface area contributed by atoms with E-state index >= 15 is 0 Å². The number of benzene rings is 2. The van der Waals surface area contributed by atoms with Crippen molar-refractivity contribution in [2.24, 2.45) is 5.10 Å². The molecule has 0 spiro atoms. The van der Waals surface area contributed by atoms with Gasteiger partial charge in [0.1, 0.15) is 6.61 Å². The third-order valence-electron chi connectivity index (χ3n) is 4.02. The van der Waals surface area contributed by atoms with Crippen molar-refractivity contribution in [3.63, 3.8) is 0 Å². The van der Waals surface area contributed by atoms with Gasteiger partial charge >= 0.3 is 0 Å². The summed E-state index contributed by atoms with van der Waals surface area (Å²) in [5.74, 6) is 2.21. The van der Waals surface area contributed by atoms with Crippen LogP contribution in [0.5, 0.6) is 11.5 Å². The molecule has 0 aliphatic rings. The van der Waals surface area contributed by atoms with E-state index < -0.39 is 0 Å². The van der Waals surface area contributed by atoms with E-state index in [1.807, 2.05) is 55.5 Å². The number of H-pyrrole nitrogens is 1. The van der Waals surface area contributed by atoms with Crippen LogP contribution >= 0.6 is 12.2 Å². The Morgan fingerprint density at radius 3 is 2.68 bits per heavy atom. The van der Waals surface area contributed by atoms with Gasteiger partial charge in [0.15, 0.2) is 17.3 Å². The van der Waals surface area contributed by atoms with Crippen LogP contribution in [0.2, 0.25) is 0 Å². The summed E-state index contributed by atoms with van der Waals surface area (Å²) in [6.45, 7) is 5.08. The minimum atomic E-state index is 0.479. The molecule has 6 nitrogen and oxygen atoms in total. The lowest BCUT2D eigenvalue weighted by atomic mass is 10.2. The minimum absolute atomic E-state index is 0.479. The molecular formula is C21H24N4O2S. The molecule has 0 aliphatic heterocycles. The van der Waals surface area contributed by atoms with Gasteiger partial charge in [-0.25, -0.2) is 0 Å². The second-order valence-corrected chi connectivity index (χ2v) is 6.55. The summed E-state index contributed by atoms with van der Waals surface area (Å²) >= 11 is 5.26. The number of aromatic amines is 1. The number of aromatic nitrogens is 3. The van der Waals surface area contributed by atoms with Crippen LogP contribution in [0.4, 0.5) is 0 Å². The molecule has 0 atom stereocenters. The number of ether oxygens (including phenoxy) is 2. The van der Waals surface area contributed by atoms with Crippen molar-refractivity contribution in [2.45, 2.75) is 33.3 Å². The second-order valence-electron chi connectivity index (χ2n) is 6.16. The number of rotatable bonds is 9. The van der Waals surface area contributed by atoms with Crippen LogP contribution in [0.3, 0.4) is 0 Å². The normalized spacial score (nSPS) is 11.1. The van der Waals surface area contributed by atoms with Gasteiger partial charge in [0.25, 0.3) is 0 Å². The fraction of sp³-hybridized carbons (Fsp3) is 0.286. The summed E-state index contributed by atoms with van der Waals surface area (Å²) in [6, 6.07) is 15.8. The molecule has 1 heterocycles. The lowest BCUT2D eigenvalue weighted by Gasteiger charge is -2.12. The van der Waals surface area contributed by atoms with E-state index in [1.165, 1.54) is 0 Å². The Labute approximate surface area is 169 Å². The van der Waals surface area contributed by atoms with Gasteiger partial charge in [-0.15, -0.1) is 0 Å². The largest absolute Gasteiger partial charge is 0.490 e. The average molecular weight is 397 g/mol. The predicted molar refractivity (Wildman–Crippen MR) is 113 cm³/mol. The van der Waals surface area contributed by atoms with Crippen LogP contribution in [-0.2, 0) is 13.0 Å². The first kappa shape index (κ1) is 19.8.